The van der Waals surface area contributed by atoms with Gasteiger partial charge in [0.2, 0.25) is 0 Å². The number of rotatable bonds is 6. The summed E-state index contributed by atoms with van der Waals surface area (Å²) in [5.74, 6) is -0.430. The van der Waals surface area contributed by atoms with Gasteiger partial charge in [0.15, 0.2) is 5.03 Å². The van der Waals surface area contributed by atoms with Gasteiger partial charge in [0.1, 0.15) is 11.6 Å². The molecule has 1 aromatic carbocycles. The van der Waals surface area contributed by atoms with Crippen LogP contribution in [0, 0.1) is 5.82 Å². The first-order valence-corrected chi connectivity index (χ1v) is 7.49. The first kappa shape index (κ1) is 15.3. The van der Waals surface area contributed by atoms with Crippen LogP contribution in [0.4, 0.5) is 10.1 Å². The molecule has 0 amide bonds. The fourth-order valence-electron chi connectivity index (χ4n) is 1.79. The van der Waals surface area contributed by atoms with Gasteiger partial charge < -0.3 is 10.1 Å². The molecule has 0 aliphatic carbocycles. The molecule has 0 unspecified atom stereocenters. The number of anilines is 1. The summed E-state index contributed by atoms with van der Waals surface area (Å²) in [6.45, 7) is 0.341. The minimum Gasteiger partial charge on any atom is -0.494 e. The number of aromatic nitrogens is 2. The van der Waals surface area contributed by atoms with Gasteiger partial charge in [-0.1, -0.05) is 0 Å². The highest BCUT2D eigenvalue weighted by Crippen LogP contribution is 2.27. The van der Waals surface area contributed by atoms with Crippen molar-refractivity contribution in [3.8, 4) is 5.75 Å². The van der Waals surface area contributed by atoms with Crippen LogP contribution in [-0.4, -0.2) is 32.8 Å². The number of nitrogens with zero attached hydrogens (tertiary/aromatic N) is 1. The normalized spacial score (nSPS) is 11.4. The number of nitrogens with one attached hydrogen (secondary N) is 3. The number of halogens is 1. The van der Waals surface area contributed by atoms with Crippen molar-refractivity contribution in [1.82, 2.24) is 15.5 Å². The molecule has 1 heterocycles. The number of aromatic amines is 1. The Morgan fingerprint density at radius 3 is 2.86 bits per heavy atom. The number of ether oxygens (including phenoxy) is 1. The molecule has 0 fully saturated rings. The lowest BCUT2D eigenvalue weighted by Gasteiger charge is -2.11. The first-order valence-electron chi connectivity index (χ1n) is 6.01. The van der Waals surface area contributed by atoms with E-state index < -0.39 is 15.8 Å². The number of hydrogen-bond donors (Lipinski definition) is 3. The highest BCUT2D eigenvalue weighted by molar-refractivity contribution is 7.92. The zero-order valence-electron chi connectivity index (χ0n) is 11.5. The van der Waals surface area contributed by atoms with Crippen molar-refractivity contribution >= 4 is 15.7 Å². The molecule has 114 valence electrons. The fourth-order valence-corrected chi connectivity index (χ4v) is 3.00. The molecule has 3 N–H and O–H groups in total. The van der Waals surface area contributed by atoms with E-state index >= 15 is 0 Å². The second-order valence-corrected chi connectivity index (χ2v) is 5.82. The maximum atomic E-state index is 13.1. The maximum absolute atomic E-state index is 13.1. The van der Waals surface area contributed by atoms with E-state index in [1.807, 2.05) is 0 Å². The van der Waals surface area contributed by atoms with Gasteiger partial charge >= 0.3 is 0 Å². The molecule has 21 heavy (non-hydrogen) atoms. The zero-order valence-corrected chi connectivity index (χ0v) is 12.3. The Balaban J connectivity index is 2.35. The summed E-state index contributed by atoms with van der Waals surface area (Å²) in [5.41, 5.74) is 0.634. The van der Waals surface area contributed by atoms with Crippen molar-refractivity contribution in [2.75, 3.05) is 18.9 Å². The average Bonchev–Trinajstić information content (AvgIpc) is 2.90. The molecule has 0 aliphatic rings. The molecule has 1 aromatic heterocycles. The summed E-state index contributed by atoms with van der Waals surface area (Å²) >= 11 is 0. The van der Waals surface area contributed by atoms with E-state index in [-0.39, 0.29) is 16.5 Å². The van der Waals surface area contributed by atoms with Gasteiger partial charge in [-0.05, 0) is 19.2 Å². The Morgan fingerprint density at radius 1 is 1.43 bits per heavy atom. The molecule has 0 radical (unpaired) electrons. The first-order chi connectivity index (χ1) is 9.97. The van der Waals surface area contributed by atoms with Gasteiger partial charge in [0.05, 0.1) is 19.0 Å². The highest BCUT2D eigenvalue weighted by Gasteiger charge is 2.22. The number of methoxy groups -OCH3 is 1. The van der Waals surface area contributed by atoms with E-state index in [9.17, 15) is 12.8 Å². The van der Waals surface area contributed by atoms with E-state index in [2.05, 4.69) is 20.2 Å². The van der Waals surface area contributed by atoms with Crippen LogP contribution < -0.4 is 14.8 Å². The zero-order chi connectivity index (χ0) is 15.5. The van der Waals surface area contributed by atoms with Gasteiger partial charge in [0.25, 0.3) is 10.0 Å². The summed E-state index contributed by atoms with van der Waals surface area (Å²) in [6, 6.07) is 3.53. The van der Waals surface area contributed by atoms with Crippen molar-refractivity contribution < 1.29 is 17.5 Å². The summed E-state index contributed by atoms with van der Waals surface area (Å²) in [4.78, 5) is 0. The number of H-pyrrole nitrogens is 1. The van der Waals surface area contributed by atoms with Crippen LogP contribution in [-0.2, 0) is 16.6 Å². The molecule has 9 heteroatoms. The number of hydrogen-bond acceptors (Lipinski definition) is 5. The third-order valence-electron chi connectivity index (χ3n) is 2.72. The monoisotopic (exact) mass is 314 g/mol. The van der Waals surface area contributed by atoms with Gasteiger partial charge in [0, 0.05) is 18.2 Å². The lowest BCUT2D eigenvalue weighted by Crippen LogP contribution is -2.17. The third kappa shape index (κ3) is 3.31. The third-order valence-corrected chi connectivity index (χ3v) is 4.10. The predicted octanol–water partition coefficient (Wildman–Crippen LogP) is 1.08. The topological polar surface area (TPSA) is 96.1 Å². The van der Waals surface area contributed by atoms with Gasteiger partial charge in [-0.2, -0.15) is 13.5 Å². The molecule has 0 bridgehead atoms. The van der Waals surface area contributed by atoms with Crippen LogP contribution in [0.5, 0.6) is 5.75 Å². The molecule has 2 aromatic rings. The minimum atomic E-state index is -3.88. The smallest absolute Gasteiger partial charge is 0.279 e. The van der Waals surface area contributed by atoms with Crippen molar-refractivity contribution in [2.24, 2.45) is 0 Å². The molecule has 0 spiro atoms. The molecular formula is C12H15FN4O3S. The summed E-state index contributed by atoms with van der Waals surface area (Å²) in [7, 11) is -0.856. The highest BCUT2D eigenvalue weighted by atomic mass is 32.2. The Morgan fingerprint density at radius 2 is 2.19 bits per heavy atom. The van der Waals surface area contributed by atoms with Crippen LogP contribution in [0.15, 0.2) is 29.4 Å². The van der Waals surface area contributed by atoms with Crippen LogP contribution >= 0.6 is 0 Å². The van der Waals surface area contributed by atoms with Crippen molar-refractivity contribution in [3.05, 3.63) is 35.8 Å². The molecule has 0 saturated heterocycles. The molecule has 0 aliphatic heterocycles. The van der Waals surface area contributed by atoms with Crippen LogP contribution in [0.2, 0.25) is 0 Å². The van der Waals surface area contributed by atoms with E-state index in [1.165, 1.54) is 19.4 Å². The molecule has 0 atom stereocenters. The van der Waals surface area contributed by atoms with Gasteiger partial charge in [-0.15, -0.1) is 0 Å². The second kappa shape index (κ2) is 6.10. The van der Waals surface area contributed by atoms with Crippen molar-refractivity contribution in [1.29, 1.82) is 0 Å². The van der Waals surface area contributed by atoms with Crippen molar-refractivity contribution in [3.63, 3.8) is 0 Å². The van der Waals surface area contributed by atoms with Crippen LogP contribution in [0.1, 0.15) is 5.56 Å². The largest absolute Gasteiger partial charge is 0.494 e. The Bertz CT molecular complexity index is 730. The van der Waals surface area contributed by atoms with Crippen LogP contribution in [0.3, 0.4) is 0 Å². The van der Waals surface area contributed by atoms with E-state index in [1.54, 1.807) is 7.05 Å². The SMILES string of the molecule is CNCc1cn[nH]c1S(=O)(=O)Nc1ccc(F)cc1OC. The minimum absolute atomic E-state index is 0.0526. The molecule has 2 rings (SSSR count). The predicted molar refractivity (Wildman–Crippen MR) is 75.1 cm³/mol. The summed E-state index contributed by atoms with van der Waals surface area (Å²) < 4.78 is 45.1. The Kier molecular flexibility index (Phi) is 4.43. The summed E-state index contributed by atoms with van der Waals surface area (Å²) in [6.07, 6.45) is 1.42. The number of sulfonamides is 1. The number of benzene rings is 1. The lowest BCUT2D eigenvalue weighted by atomic mass is 10.3. The van der Waals surface area contributed by atoms with E-state index in [0.29, 0.717) is 12.1 Å². The molecule has 7 nitrogen and oxygen atoms in total. The quantitative estimate of drug-likeness (QED) is 0.741. The van der Waals surface area contributed by atoms with E-state index in [0.717, 1.165) is 12.1 Å². The van der Waals surface area contributed by atoms with Gasteiger partial charge in [-0.3, -0.25) is 9.82 Å². The van der Waals surface area contributed by atoms with Gasteiger partial charge in [-0.25, -0.2) is 4.39 Å². The molecular weight excluding hydrogens is 299 g/mol. The Hall–Kier alpha value is -2.13. The summed E-state index contributed by atoms with van der Waals surface area (Å²) in [5, 5.41) is 8.97. The average molecular weight is 314 g/mol. The maximum Gasteiger partial charge on any atom is 0.279 e. The van der Waals surface area contributed by atoms with Crippen LogP contribution in [0.25, 0.3) is 0 Å². The van der Waals surface area contributed by atoms with Crippen molar-refractivity contribution in [2.45, 2.75) is 11.6 Å². The fraction of sp³-hybridized carbons (Fsp3) is 0.250. The lowest BCUT2D eigenvalue weighted by molar-refractivity contribution is 0.413. The molecule has 0 saturated carbocycles. The Labute approximate surface area is 121 Å². The standard InChI is InChI=1S/C12H15FN4O3S/c1-14-6-8-7-15-16-12(8)21(18,19)17-10-4-3-9(13)5-11(10)20-2/h3-5,7,14,17H,6H2,1-2H3,(H,15,16). The second-order valence-electron chi connectivity index (χ2n) is 4.20. The van der Waals surface area contributed by atoms with E-state index in [4.69, 9.17) is 4.74 Å².